The molecule has 0 radical (unpaired) electrons. The summed E-state index contributed by atoms with van der Waals surface area (Å²) >= 11 is 3.49. The van der Waals surface area contributed by atoms with E-state index < -0.39 is 5.91 Å². The molecule has 0 heterocycles. The van der Waals surface area contributed by atoms with E-state index >= 15 is 0 Å². The third-order valence-electron chi connectivity index (χ3n) is 5.56. The highest BCUT2D eigenvalue weighted by Crippen LogP contribution is 2.29. The van der Waals surface area contributed by atoms with Crippen LogP contribution in [0.15, 0.2) is 101 Å². The monoisotopic (exact) mass is 558 g/mol. The number of benzene rings is 4. The van der Waals surface area contributed by atoms with E-state index in [0.717, 1.165) is 31.9 Å². The average molecular weight is 559 g/mol. The summed E-state index contributed by atoms with van der Waals surface area (Å²) in [5.41, 5.74) is 5.38. The Balaban J connectivity index is 1.44. The van der Waals surface area contributed by atoms with E-state index in [0.29, 0.717) is 30.3 Å². The standard InChI is InChI=1S/C30H27BrN2O4/c1-3-7-21-12-14-28(29(17-21)35-2)37-20-30(34)33-32-18-26-25-11-5-4-9-23(25)13-15-27(26)36-19-22-8-6-10-24(31)16-22/h3-6,8-18H,1,7,19-20H2,2H3,(H,33,34)/b32-18+. The zero-order valence-corrected chi connectivity index (χ0v) is 22.0. The molecule has 0 aliphatic rings. The van der Waals surface area contributed by atoms with Crippen molar-refractivity contribution in [1.82, 2.24) is 5.43 Å². The van der Waals surface area contributed by atoms with Crippen LogP contribution in [-0.2, 0) is 17.8 Å². The molecule has 0 bridgehead atoms. The normalized spacial score (nSPS) is 10.9. The minimum absolute atomic E-state index is 0.212. The quantitative estimate of drug-likeness (QED) is 0.130. The molecule has 0 atom stereocenters. The van der Waals surface area contributed by atoms with Gasteiger partial charge in [0.05, 0.1) is 13.3 Å². The second-order valence-corrected chi connectivity index (χ2v) is 9.09. The Morgan fingerprint density at radius 1 is 0.946 bits per heavy atom. The van der Waals surface area contributed by atoms with Crippen molar-refractivity contribution in [2.45, 2.75) is 13.0 Å². The fraction of sp³-hybridized carbons (Fsp3) is 0.133. The zero-order valence-electron chi connectivity index (χ0n) is 20.4. The third kappa shape index (κ3) is 6.98. The SMILES string of the molecule is C=CCc1ccc(OCC(=O)N/N=C/c2c(OCc3cccc(Br)c3)ccc3ccccc23)c(OC)c1. The summed E-state index contributed by atoms with van der Waals surface area (Å²) < 4.78 is 18.2. The molecule has 0 aliphatic carbocycles. The van der Waals surface area contributed by atoms with Crippen LogP contribution in [0.25, 0.3) is 10.8 Å². The van der Waals surface area contributed by atoms with Gasteiger partial charge < -0.3 is 14.2 Å². The predicted octanol–water partition coefficient (Wildman–Crippen LogP) is 6.45. The largest absolute Gasteiger partial charge is 0.493 e. The molecule has 0 aliphatic heterocycles. The Hall–Kier alpha value is -4.10. The first-order valence-corrected chi connectivity index (χ1v) is 12.5. The maximum absolute atomic E-state index is 12.4. The lowest BCUT2D eigenvalue weighted by atomic mass is 10.0. The first kappa shape index (κ1) is 26.0. The summed E-state index contributed by atoms with van der Waals surface area (Å²) in [4.78, 5) is 12.4. The molecule has 4 aromatic carbocycles. The van der Waals surface area contributed by atoms with Gasteiger partial charge in [-0.1, -0.05) is 70.5 Å². The number of allylic oxidation sites excluding steroid dienone is 1. The van der Waals surface area contributed by atoms with Crippen molar-refractivity contribution in [3.63, 3.8) is 0 Å². The van der Waals surface area contributed by atoms with E-state index in [1.165, 1.54) is 0 Å². The number of fused-ring (bicyclic) bond motifs is 1. The van der Waals surface area contributed by atoms with Crippen LogP contribution < -0.4 is 19.6 Å². The van der Waals surface area contributed by atoms with Crippen LogP contribution >= 0.6 is 15.9 Å². The topological polar surface area (TPSA) is 69.2 Å². The first-order chi connectivity index (χ1) is 18.1. The molecule has 6 nitrogen and oxygen atoms in total. The molecule has 0 unspecified atom stereocenters. The summed E-state index contributed by atoms with van der Waals surface area (Å²) in [5, 5.41) is 6.19. The molecule has 188 valence electrons. The highest BCUT2D eigenvalue weighted by Gasteiger charge is 2.10. The number of hydrogen-bond acceptors (Lipinski definition) is 5. The van der Waals surface area contributed by atoms with E-state index in [1.54, 1.807) is 19.4 Å². The van der Waals surface area contributed by atoms with Gasteiger partial charge in [0.15, 0.2) is 18.1 Å². The second-order valence-electron chi connectivity index (χ2n) is 8.18. The van der Waals surface area contributed by atoms with Crippen LogP contribution in [-0.4, -0.2) is 25.8 Å². The third-order valence-corrected chi connectivity index (χ3v) is 6.06. The van der Waals surface area contributed by atoms with Gasteiger partial charge in [-0.15, -0.1) is 6.58 Å². The Bertz CT molecular complexity index is 1430. The number of ether oxygens (including phenoxy) is 3. The lowest BCUT2D eigenvalue weighted by Gasteiger charge is -2.12. The number of carbonyl (C=O) groups excluding carboxylic acids is 1. The number of rotatable bonds is 11. The fourth-order valence-electron chi connectivity index (χ4n) is 3.79. The maximum atomic E-state index is 12.4. The molecule has 0 spiro atoms. The van der Waals surface area contributed by atoms with E-state index in [4.69, 9.17) is 14.2 Å². The van der Waals surface area contributed by atoms with Crippen molar-refractivity contribution in [3.8, 4) is 17.2 Å². The Labute approximate surface area is 224 Å². The molecule has 1 N–H and O–H groups in total. The van der Waals surface area contributed by atoms with Gasteiger partial charge in [-0.25, -0.2) is 5.43 Å². The lowest BCUT2D eigenvalue weighted by molar-refractivity contribution is -0.123. The van der Waals surface area contributed by atoms with Crippen LogP contribution in [0.5, 0.6) is 17.2 Å². The predicted molar refractivity (Wildman–Crippen MR) is 151 cm³/mol. The summed E-state index contributed by atoms with van der Waals surface area (Å²) in [6, 6.07) is 25.4. The van der Waals surface area contributed by atoms with Gasteiger partial charge in [0.1, 0.15) is 12.4 Å². The summed E-state index contributed by atoms with van der Waals surface area (Å²) in [5.74, 6) is 1.30. The average Bonchev–Trinajstić information content (AvgIpc) is 2.91. The van der Waals surface area contributed by atoms with E-state index in [2.05, 4.69) is 33.0 Å². The number of carbonyl (C=O) groups is 1. The minimum Gasteiger partial charge on any atom is -0.493 e. The number of hydrazone groups is 1. The molecular weight excluding hydrogens is 532 g/mol. The first-order valence-electron chi connectivity index (χ1n) is 11.7. The van der Waals surface area contributed by atoms with Crippen molar-refractivity contribution in [1.29, 1.82) is 0 Å². The van der Waals surface area contributed by atoms with Gasteiger partial charge in [-0.3, -0.25) is 4.79 Å². The number of nitrogens with zero attached hydrogens (tertiary/aromatic N) is 1. The van der Waals surface area contributed by atoms with Gasteiger partial charge in [-0.2, -0.15) is 5.10 Å². The number of hydrogen-bond donors (Lipinski definition) is 1. The van der Waals surface area contributed by atoms with Gasteiger partial charge in [0.2, 0.25) is 0 Å². The van der Waals surface area contributed by atoms with Crippen molar-refractivity contribution >= 4 is 38.8 Å². The van der Waals surface area contributed by atoms with E-state index in [1.807, 2.05) is 78.9 Å². The zero-order chi connectivity index (χ0) is 26.0. The van der Waals surface area contributed by atoms with Crippen molar-refractivity contribution in [3.05, 3.63) is 113 Å². The Morgan fingerprint density at radius 2 is 1.78 bits per heavy atom. The molecule has 4 aromatic rings. The van der Waals surface area contributed by atoms with Gasteiger partial charge in [0, 0.05) is 10.0 Å². The molecular formula is C30H27BrN2O4. The van der Waals surface area contributed by atoms with Crippen molar-refractivity contribution in [2.75, 3.05) is 13.7 Å². The number of nitrogens with one attached hydrogen (secondary N) is 1. The minimum atomic E-state index is -0.398. The van der Waals surface area contributed by atoms with Crippen LogP contribution in [0.3, 0.4) is 0 Å². The lowest BCUT2D eigenvalue weighted by Crippen LogP contribution is -2.24. The Morgan fingerprint density at radius 3 is 2.59 bits per heavy atom. The molecule has 0 aromatic heterocycles. The molecule has 37 heavy (non-hydrogen) atoms. The molecule has 7 heteroatoms. The smallest absolute Gasteiger partial charge is 0.277 e. The van der Waals surface area contributed by atoms with Gasteiger partial charge >= 0.3 is 0 Å². The van der Waals surface area contributed by atoms with E-state index in [-0.39, 0.29) is 6.61 Å². The summed E-state index contributed by atoms with van der Waals surface area (Å²) in [6.45, 7) is 3.93. The van der Waals surface area contributed by atoms with Crippen LogP contribution in [0.2, 0.25) is 0 Å². The highest BCUT2D eigenvalue weighted by molar-refractivity contribution is 9.10. The molecule has 1 amide bonds. The second kappa shape index (κ2) is 12.7. The van der Waals surface area contributed by atoms with Crippen LogP contribution in [0.4, 0.5) is 0 Å². The number of halogens is 1. The van der Waals surface area contributed by atoms with Gasteiger partial charge in [0.25, 0.3) is 5.91 Å². The molecule has 4 rings (SSSR count). The maximum Gasteiger partial charge on any atom is 0.277 e. The van der Waals surface area contributed by atoms with Crippen molar-refractivity contribution < 1.29 is 19.0 Å². The van der Waals surface area contributed by atoms with Crippen LogP contribution in [0.1, 0.15) is 16.7 Å². The van der Waals surface area contributed by atoms with Crippen molar-refractivity contribution in [2.24, 2.45) is 5.10 Å². The molecule has 0 fully saturated rings. The van der Waals surface area contributed by atoms with Crippen LogP contribution in [0, 0.1) is 0 Å². The van der Waals surface area contributed by atoms with Gasteiger partial charge in [-0.05, 0) is 58.7 Å². The number of amides is 1. The number of methoxy groups -OCH3 is 1. The fourth-order valence-corrected chi connectivity index (χ4v) is 4.24. The molecule has 0 saturated heterocycles. The summed E-state index contributed by atoms with van der Waals surface area (Å²) in [7, 11) is 1.56. The molecule has 0 saturated carbocycles. The summed E-state index contributed by atoms with van der Waals surface area (Å²) in [6.07, 6.45) is 4.13. The highest BCUT2D eigenvalue weighted by atomic mass is 79.9. The van der Waals surface area contributed by atoms with E-state index in [9.17, 15) is 4.79 Å². The Kier molecular flexibility index (Phi) is 8.94.